The van der Waals surface area contributed by atoms with Gasteiger partial charge in [0.25, 0.3) is 0 Å². The molecule has 100 valence electrons. The van der Waals surface area contributed by atoms with Gasteiger partial charge in [-0.2, -0.15) is 0 Å². The molecule has 2 rings (SSSR count). The molecule has 1 fully saturated rings. The zero-order valence-electron chi connectivity index (χ0n) is 11.0. The van der Waals surface area contributed by atoms with E-state index in [9.17, 15) is 9.90 Å². The Morgan fingerprint density at radius 2 is 2.21 bits per heavy atom. The molecule has 6 heteroatoms. The lowest BCUT2D eigenvalue weighted by molar-refractivity contribution is -0.117. The van der Waals surface area contributed by atoms with Crippen LogP contribution in [-0.2, 0) is 4.79 Å². The third-order valence-electron chi connectivity index (χ3n) is 3.41. The molecule has 19 heavy (non-hydrogen) atoms. The van der Waals surface area contributed by atoms with Gasteiger partial charge in [0.2, 0.25) is 5.91 Å². The monoisotopic (exact) mass is 260 g/mol. The van der Waals surface area contributed by atoms with Crippen LogP contribution in [0.3, 0.4) is 0 Å². The van der Waals surface area contributed by atoms with Crippen LogP contribution in [0.2, 0.25) is 0 Å². The molecule has 1 N–H and O–H groups in total. The third kappa shape index (κ3) is 2.63. The second-order valence-corrected chi connectivity index (χ2v) is 4.91. The summed E-state index contributed by atoms with van der Waals surface area (Å²) in [6, 6.07) is 3.48. The first-order valence-corrected chi connectivity index (χ1v) is 6.14. The topological polar surface area (TPSA) is 89.3 Å². The van der Waals surface area contributed by atoms with E-state index in [4.69, 9.17) is 5.53 Å². The van der Waals surface area contributed by atoms with Crippen LogP contribution in [0, 0.1) is 19.8 Å². The van der Waals surface area contributed by atoms with Crippen molar-refractivity contribution in [2.24, 2.45) is 11.0 Å². The fourth-order valence-electron chi connectivity index (χ4n) is 2.37. The highest BCUT2D eigenvalue weighted by atomic mass is 16.3. The number of benzene rings is 1. The number of anilines is 1. The number of azide groups is 1. The van der Waals surface area contributed by atoms with Crippen LogP contribution in [0.1, 0.15) is 17.5 Å². The van der Waals surface area contributed by atoms with Crippen LogP contribution in [0.4, 0.5) is 5.69 Å². The van der Waals surface area contributed by atoms with Crippen molar-refractivity contribution >= 4 is 11.6 Å². The van der Waals surface area contributed by atoms with Crippen molar-refractivity contribution in [1.29, 1.82) is 0 Å². The minimum absolute atomic E-state index is 0.0336. The van der Waals surface area contributed by atoms with Crippen molar-refractivity contribution in [2.75, 3.05) is 18.0 Å². The molecule has 1 saturated heterocycles. The number of phenols is 1. The summed E-state index contributed by atoms with van der Waals surface area (Å²) < 4.78 is 0. The molecule has 0 bridgehead atoms. The first-order chi connectivity index (χ1) is 9.02. The van der Waals surface area contributed by atoms with Crippen LogP contribution in [0.15, 0.2) is 17.2 Å². The number of hydrogen-bond donors (Lipinski definition) is 1. The molecule has 1 unspecified atom stereocenters. The van der Waals surface area contributed by atoms with Gasteiger partial charge in [-0.25, -0.2) is 0 Å². The summed E-state index contributed by atoms with van der Waals surface area (Å²) in [5.74, 6) is 0.335. The molecular weight excluding hydrogens is 244 g/mol. The molecule has 1 heterocycles. The zero-order chi connectivity index (χ0) is 14.0. The lowest BCUT2D eigenvalue weighted by Crippen LogP contribution is -2.25. The van der Waals surface area contributed by atoms with E-state index in [1.54, 1.807) is 17.9 Å². The van der Waals surface area contributed by atoms with E-state index in [1.165, 1.54) is 0 Å². The van der Waals surface area contributed by atoms with Gasteiger partial charge in [-0.3, -0.25) is 4.79 Å². The van der Waals surface area contributed by atoms with Crippen molar-refractivity contribution in [2.45, 2.75) is 20.3 Å². The van der Waals surface area contributed by atoms with Crippen molar-refractivity contribution in [3.05, 3.63) is 33.7 Å². The van der Waals surface area contributed by atoms with E-state index in [-0.39, 0.29) is 17.6 Å². The number of rotatable bonds is 3. The van der Waals surface area contributed by atoms with Crippen LogP contribution >= 0.6 is 0 Å². The van der Waals surface area contributed by atoms with Crippen molar-refractivity contribution in [1.82, 2.24) is 0 Å². The summed E-state index contributed by atoms with van der Waals surface area (Å²) in [4.78, 5) is 16.5. The van der Waals surface area contributed by atoms with E-state index >= 15 is 0 Å². The highest BCUT2D eigenvalue weighted by Gasteiger charge is 2.31. The Hall–Kier alpha value is -2.20. The number of aromatic hydroxyl groups is 1. The van der Waals surface area contributed by atoms with Gasteiger partial charge in [-0.15, -0.1) is 0 Å². The molecule has 6 nitrogen and oxygen atoms in total. The maximum atomic E-state index is 12.0. The molecule has 1 atom stereocenters. The number of carbonyl (C=O) groups is 1. The van der Waals surface area contributed by atoms with Crippen LogP contribution in [-0.4, -0.2) is 24.1 Å². The molecule has 0 aromatic heterocycles. The Kier molecular flexibility index (Phi) is 3.62. The molecule has 1 amide bonds. The largest absolute Gasteiger partial charge is 0.508 e. The highest BCUT2D eigenvalue weighted by molar-refractivity contribution is 5.96. The van der Waals surface area contributed by atoms with E-state index in [0.717, 1.165) is 16.8 Å². The second-order valence-electron chi connectivity index (χ2n) is 4.91. The maximum Gasteiger partial charge on any atom is 0.227 e. The SMILES string of the molecule is Cc1cc(N2CC(CN=[N+]=[N-])CC2=O)c(C)cc1O. The quantitative estimate of drug-likeness (QED) is 0.514. The van der Waals surface area contributed by atoms with E-state index < -0.39 is 0 Å². The number of phenolic OH excluding ortho intramolecular Hbond substituents is 1. The molecule has 1 aromatic rings. The molecule has 1 aromatic carbocycles. The first-order valence-electron chi connectivity index (χ1n) is 6.14. The average Bonchev–Trinajstić information content (AvgIpc) is 2.72. The first kappa shape index (κ1) is 13.2. The van der Waals surface area contributed by atoms with E-state index in [1.807, 2.05) is 13.0 Å². The number of hydrogen-bond acceptors (Lipinski definition) is 3. The predicted octanol–water partition coefficient (Wildman–Crippen LogP) is 2.67. The van der Waals surface area contributed by atoms with Crippen molar-refractivity contribution in [3.8, 4) is 5.75 Å². The van der Waals surface area contributed by atoms with Gasteiger partial charge in [0.15, 0.2) is 0 Å². The van der Waals surface area contributed by atoms with Crippen LogP contribution in [0.5, 0.6) is 5.75 Å². The predicted molar refractivity (Wildman–Crippen MR) is 72.1 cm³/mol. The summed E-state index contributed by atoms with van der Waals surface area (Å²) in [5, 5.41) is 13.2. The summed E-state index contributed by atoms with van der Waals surface area (Å²) >= 11 is 0. The minimum atomic E-state index is 0.0336. The number of nitrogens with zero attached hydrogens (tertiary/aromatic N) is 4. The van der Waals surface area contributed by atoms with Gasteiger partial charge in [0.1, 0.15) is 5.75 Å². The number of aryl methyl sites for hydroxylation is 2. The van der Waals surface area contributed by atoms with Gasteiger partial charge in [-0.05, 0) is 48.6 Å². The lowest BCUT2D eigenvalue weighted by Gasteiger charge is -2.20. The number of amides is 1. The molecule has 0 radical (unpaired) electrons. The van der Waals surface area contributed by atoms with Crippen LogP contribution < -0.4 is 4.90 Å². The van der Waals surface area contributed by atoms with Crippen molar-refractivity contribution < 1.29 is 9.90 Å². The number of carbonyl (C=O) groups excluding carboxylic acids is 1. The summed E-state index contributed by atoms with van der Waals surface area (Å²) in [7, 11) is 0. The Labute approximate surface area is 111 Å². The van der Waals surface area contributed by atoms with E-state index in [2.05, 4.69) is 10.0 Å². The summed E-state index contributed by atoms with van der Waals surface area (Å²) in [5.41, 5.74) is 10.7. The molecule has 0 aliphatic carbocycles. The zero-order valence-corrected chi connectivity index (χ0v) is 11.0. The Morgan fingerprint density at radius 3 is 2.89 bits per heavy atom. The van der Waals surface area contributed by atoms with Gasteiger partial charge < -0.3 is 10.0 Å². The van der Waals surface area contributed by atoms with E-state index in [0.29, 0.717) is 19.5 Å². The Balaban J connectivity index is 2.25. The van der Waals surface area contributed by atoms with Crippen molar-refractivity contribution in [3.63, 3.8) is 0 Å². The second kappa shape index (κ2) is 5.20. The fraction of sp³-hybridized carbons (Fsp3) is 0.462. The lowest BCUT2D eigenvalue weighted by atomic mass is 10.1. The molecule has 1 aliphatic heterocycles. The third-order valence-corrected chi connectivity index (χ3v) is 3.41. The molecule has 1 aliphatic rings. The molecule has 0 saturated carbocycles. The maximum absolute atomic E-state index is 12.0. The molecule has 0 spiro atoms. The fourth-order valence-corrected chi connectivity index (χ4v) is 2.37. The van der Waals surface area contributed by atoms with Gasteiger partial charge in [-0.1, -0.05) is 5.11 Å². The normalized spacial score (nSPS) is 18.5. The summed E-state index contributed by atoms with van der Waals surface area (Å²) in [6.45, 7) is 4.57. The average molecular weight is 260 g/mol. The molecular formula is C13H16N4O2. The van der Waals surface area contributed by atoms with Crippen LogP contribution in [0.25, 0.3) is 10.4 Å². The standard InChI is InChI=1S/C13H16N4O2/c1-8-4-12(18)9(2)3-11(8)17-7-10(5-13(17)19)6-15-16-14/h3-4,10,18H,5-7H2,1-2H3. The Bertz CT molecular complexity index is 564. The van der Waals surface area contributed by atoms with Gasteiger partial charge in [0, 0.05) is 30.1 Å². The smallest absolute Gasteiger partial charge is 0.227 e. The minimum Gasteiger partial charge on any atom is -0.508 e. The highest BCUT2D eigenvalue weighted by Crippen LogP contribution is 2.32. The van der Waals surface area contributed by atoms with Gasteiger partial charge in [0.05, 0.1) is 0 Å². The van der Waals surface area contributed by atoms with Gasteiger partial charge >= 0.3 is 0 Å². The Morgan fingerprint density at radius 1 is 1.47 bits per heavy atom. The summed E-state index contributed by atoms with van der Waals surface area (Å²) in [6.07, 6.45) is 0.401.